The summed E-state index contributed by atoms with van der Waals surface area (Å²) in [6.07, 6.45) is 0. The van der Waals surface area contributed by atoms with E-state index in [1.165, 1.54) is 16.7 Å². The molecule has 1 N–H and O–H groups in total. The molecule has 0 aromatic heterocycles. The van der Waals surface area contributed by atoms with Crippen LogP contribution in [-0.2, 0) is 24.5 Å². The number of ether oxygens (including phenoxy) is 1. The summed E-state index contributed by atoms with van der Waals surface area (Å²) in [6, 6.07) is 12.7. The van der Waals surface area contributed by atoms with Gasteiger partial charge in [0.1, 0.15) is 0 Å². The molecule has 2 aromatic rings. The number of benzene rings is 2. The second-order valence-electron chi connectivity index (χ2n) is 5.07. The van der Waals surface area contributed by atoms with Gasteiger partial charge in [-0.3, -0.25) is 0 Å². The summed E-state index contributed by atoms with van der Waals surface area (Å²) in [7, 11) is 0. The Morgan fingerprint density at radius 3 is 2.75 bits per heavy atom. The molecule has 0 amide bonds. The number of hydrogen-bond acceptors (Lipinski definition) is 2. The minimum absolute atomic E-state index is 0.708. The summed E-state index contributed by atoms with van der Waals surface area (Å²) in [5.41, 5.74) is 6.02. The van der Waals surface area contributed by atoms with Crippen molar-refractivity contribution >= 4 is 11.6 Å². The van der Waals surface area contributed by atoms with Gasteiger partial charge in [0.25, 0.3) is 0 Å². The van der Waals surface area contributed by atoms with Crippen LogP contribution < -0.4 is 5.32 Å². The van der Waals surface area contributed by atoms with Crippen molar-refractivity contribution in [1.82, 2.24) is 5.32 Å². The Hall–Kier alpha value is -1.35. The van der Waals surface area contributed by atoms with Crippen molar-refractivity contribution in [2.75, 3.05) is 6.54 Å². The Kier molecular flexibility index (Phi) is 4.06. The zero-order valence-corrected chi connectivity index (χ0v) is 12.3. The maximum atomic E-state index is 6.43. The van der Waals surface area contributed by atoms with Gasteiger partial charge in [0.15, 0.2) is 0 Å². The van der Waals surface area contributed by atoms with Gasteiger partial charge in [0.2, 0.25) is 0 Å². The maximum Gasteiger partial charge on any atom is 0.0725 e. The molecule has 1 heterocycles. The van der Waals surface area contributed by atoms with Gasteiger partial charge in [-0.25, -0.2) is 0 Å². The zero-order chi connectivity index (χ0) is 13.9. The predicted octanol–water partition coefficient (Wildman–Crippen LogP) is 4.15. The third-order valence-electron chi connectivity index (χ3n) is 3.65. The lowest BCUT2D eigenvalue weighted by Gasteiger charge is -2.09. The van der Waals surface area contributed by atoms with Crippen molar-refractivity contribution in [1.29, 1.82) is 0 Å². The molecule has 0 radical (unpaired) electrons. The van der Waals surface area contributed by atoms with E-state index in [1.54, 1.807) is 0 Å². The van der Waals surface area contributed by atoms with E-state index < -0.39 is 0 Å². The molecular weight excluding hydrogens is 270 g/mol. The first-order chi connectivity index (χ1) is 9.78. The van der Waals surface area contributed by atoms with Gasteiger partial charge in [0.05, 0.1) is 13.2 Å². The summed E-state index contributed by atoms with van der Waals surface area (Å²) in [5, 5.41) is 4.11. The highest BCUT2D eigenvalue weighted by atomic mass is 35.5. The van der Waals surface area contributed by atoms with Crippen molar-refractivity contribution in [3.8, 4) is 11.1 Å². The minimum atomic E-state index is 0.708. The van der Waals surface area contributed by atoms with Crippen molar-refractivity contribution in [2.45, 2.75) is 26.7 Å². The summed E-state index contributed by atoms with van der Waals surface area (Å²) in [6.45, 7) is 5.35. The third kappa shape index (κ3) is 2.73. The maximum absolute atomic E-state index is 6.43. The molecule has 0 unspecified atom stereocenters. The molecule has 1 aliphatic rings. The normalized spacial score (nSPS) is 13.5. The quantitative estimate of drug-likeness (QED) is 0.912. The predicted molar refractivity (Wildman–Crippen MR) is 82.8 cm³/mol. The smallest absolute Gasteiger partial charge is 0.0725 e. The first-order valence-electron chi connectivity index (χ1n) is 6.97. The second kappa shape index (κ2) is 5.96. The molecule has 20 heavy (non-hydrogen) atoms. The van der Waals surface area contributed by atoms with E-state index in [-0.39, 0.29) is 0 Å². The van der Waals surface area contributed by atoms with E-state index in [0.717, 1.165) is 35.8 Å². The van der Waals surface area contributed by atoms with Crippen LogP contribution in [0.25, 0.3) is 11.1 Å². The third-order valence-corrected chi connectivity index (χ3v) is 3.96. The number of hydrogen-bond donors (Lipinski definition) is 1. The van der Waals surface area contributed by atoms with Gasteiger partial charge in [-0.2, -0.15) is 0 Å². The standard InChI is InChI=1S/C17H18ClNO/c1-2-19-9-12-3-6-16(17(18)7-12)13-4-5-14-10-20-11-15(14)8-13/h3-8,19H,2,9-11H2,1H3. The average Bonchev–Trinajstić information content (AvgIpc) is 2.92. The molecule has 104 valence electrons. The Balaban J connectivity index is 1.90. The summed E-state index contributed by atoms with van der Waals surface area (Å²) in [4.78, 5) is 0. The van der Waals surface area contributed by atoms with E-state index in [2.05, 4.69) is 42.6 Å². The molecule has 0 aliphatic carbocycles. The molecule has 0 saturated carbocycles. The van der Waals surface area contributed by atoms with Crippen molar-refractivity contribution in [3.63, 3.8) is 0 Å². The molecule has 2 aromatic carbocycles. The lowest BCUT2D eigenvalue weighted by atomic mass is 9.99. The molecule has 0 fully saturated rings. The van der Waals surface area contributed by atoms with Crippen LogP contribution in [0.2, 0.25) is 5.02 Å². The first-order valence-corrected chi connectivity index (χ1v) is 7.35. The molecule has 1 aliphatic heterocycles. The molecule has 0 spiro atoms. The van der Waals surface area contributed by atoms with Gasteiger partial charge in [-0.1, -0.05) is 42.8 Å². The summed E-state index contributed by atoms with van der Waals surface area (Å²) in [5.74, 6) is 0. The van der Waals surface area contributed by atoms with Crippen LogP contribution in [0.1, 0.15) is 23.6 Å². The Morgan fingerprint density at radius 1 is 1.10 bits per heavy atom. The summed E-state index contributed by atoms with van der Waals surface area (Å²) < 4.78 is 5.46. The van der Waals surface area contributed by atoms with E-state index in [4.69, 9.17) is 16.3 Å². The number of rotatable bonds is 4. The van der Waals surface area contributed by atoms with Crippen LogP contribution in [0.5, 0.6) is 0 Å². The van der Waals surface area contributed by atoms with E-state index in [0.29, 0.717) is 6.61 Å². The Labute approximate surface area is 124 Å². The number of fused-ring (bicyclic) bond motifs is 1. The molecule has 2 nitrogen and oxygen atoms in total. The van der Waals surface area contributed by atoms with Crippen molar-refractivity contribution < 1.29 is 4.74 Å². The average molecular weight is 288 g/mol. The molecular formula is C17H18ClNO. The topological polar surface area (TPSA) is 21.3 Å². The Morgan fingerprint density at radius 2 is 1.95 bits per heavy atom. The minimum Gasteiger partial charge on any atom is -0.372 e. The highest BCUT2D eigenvalue weighted by Gasteiger charge is 2.13. The fourth-order valence-electron chi connectivity index (χ4n) is 2.51. The van der Waals surface area contributed by atoms with Crippen molar-refractivity contribution in [2.24, 2.45) is 0 Å². The highest BCUT2D eigenvalue weighted by molar-refractivity contribution is 6.33. The number of nitrogens with one attached hydrogen (secondary N) is 1. The molecule has 0 saturated heterocycles. The molecule has 3 heteroatoms. The van der Waals surface area contributed by atoms with E-state index in [9.17, 15) is 0 Å². The van der Waals surface area contributed by atoms with Gasteiger partial charge in [-0.05, 0) is 40.9 Å². The lowest BCUT2D eigenvalue weighted by molar-refractivity contribution is 0.134. The lowest BCUT2D eigenvalue weighted by Crippen LogP contribution is -2.11. The van der Waals surface area contributed by atoms with Gasteiger partial charge in [-0.15, -0.1) is 0 Å². The molecule has 0 atom stereocenters. The molecule has 3 rings (SSSR count). The van der Waals surface area contributed by atoms with Crippen LogP contribution in [0.3, 0.4) is 0 Å². The molecule has 0 bridgehead atoms. The van der Waals surface area contributed by atoms with Crippen LogP contribution in [-0.4, -0.2) is 6.54 Å². The number of halogens is 1. The second-order valence-corrected chi connectivity index (χ2v) is 5.48. The zero-order valence-electron chi connectivity index (χ0n) is 11.6. The van der Waals surface area contributed by atoms with E-state index >= 15 is 0 Å². The van der Waals surface area contributed by atoms with Crippen LogP contribution >= 0.6 is 11.6 Å². The SMILES string of the molecule is CCNCc1ccc(-c2ccc3c(c2)COC3)c(Cl)c1. The van der Waals surface area contributed by atoms with Gasteiger partial charge < -0.3 is 10.1 Å². The van der Waals surface area contributed by atoms with Crippen molar-refractivity contribution in [3.05, 3.63) is 58.1 Å². The van der Waals surface area contributed by atoms with Crippen LogP contribution in [0.4, 0.5) is 0 Å². The van der Waals surface area contributed by atoms with Gasteiger partial charge in [0, 0.05) is 17.1 Å². The largest absolute Gasteiger partial charge is 0.372 e. The summed E-state index contributed by atoms with van der Waals surface area (Å²) >= 11 is 6.43. The van der Waals surface area contributed by atoms with E-state index in [1.807, 2.05) is 6.07 Å². The Bertz CT molecular complexity index is 624. The van der Waals surface area contributed by atoms with Gasteiger partial charge >= 0.3 is 0 Å². The monoisotopic (exact) mass is 287 g/mol. The van der Waals surface area contributed by atoms with Crippen LogP contribution in [0, 0.1) is 0 Å². The first kappa shape index (κ1) is 13.6. The highest BCUT2D eigenvalue weighted by Crippen LogP contribution is 2.32. The fourth-order valence-corrected chi connectivity index (χ4v) is 2.82. The fraction of sp³-hybridized carbons (Fsp3) is 0.294. The van der Waals surface area contributed by atoms with Crippen LogP contribution in [0.15, 0.2) is 36.4 Å².